The van der Waals surface area contributed by atoms with E-state index in [-0.39, 0.29) is 0 Å². The molecule has 0 spiro atoms. The third kappa shape index (κ3) is 3.71. The predicted molar refractivity (Wildman–Crippen MR) is 111 cm³/mol. The molecule has 5 rings (SSSR count). The van der Waals surface area contributed by atoms with Gasteiger partial charge in [-0.2, -0.15) is 0 Å². The standard InChI is InChI=1S/C24H17N3O2/c1-2-4-22-17(3-1)5-8-20(26-22)16-28-21-9-6-19(7-10-21)24-15-23(27-29-24)18-11-13-25-14-12-18/h1-15H,16H2. The maximum Gasteiger partial charge on any atom is 0.167 e. The molecule has 3 aromatic heterocycles. The second kappa shape index (κ2) is 7.56. The summed E-state index contributed by atoms with van der Waals surface area (Å²) in [5, 5.41) is 5.27. The topological polar surface area (TPSA) is 61.0 Å². The fourth-order valence-corrected chi connectivity index (χ4v) is 3.13. The highest BCUT2D eigenvalue weighted by molar-refractivity contribution is 5.78. The lowest BCUT2D eigenvalue weighted by Gasteiger charge is -2.07. The van der Waals surface area contributed by atoms with E-state index >= 15 is 0 Å². The molecule has 0 aliphatic rings. The van der Waals surface area contributed by atoms with Gasteiger partial charge in [0.15, 0.2) is 5.76 Å². The summed E-state index contributed by atoms with van der Waals surface area (Å²) in [6, 6.07) is 25.6. The maximum atomic E-state index is 5.89. The van der Waals surface area contributed by atoms with Gasteiger partial charge in [0.1, 0.15) is 18.1 Å². The predicted octanol–water partition coefficient (Wildman–Crippen LogP) is 5.53. The number of rotatable bonds is 5. The summed E-state index contributed by atoms with van der Waals surface area (Å²) >= 11 is 0. The molecular formula is C24H17N3O2. The Hall–Kier alpha value is -3.99. The molecule has 140 valence electrons. The fraction of sp³-hybridized carbons (Fsp3) is 0.0417. The number of hydrogen-bond donors (Lipinski definition) is 0. The monoisotopic (exact) mass is 379 g/mol. The number of nitrogens with zero attached hydrogens (tertiary/aromatic N) is 3. The first-order chi connectivity index (χ1) is 14.3. The van der Waals surface area contributed by atoms with Crippen molar-refractivity contribution in [1.29, 1.82) is 0 Å². The molecule has 0 atom stereocenters. The number of fused-ring (bicyclic) bond motifs is 1. The van der Waals surface area contributed by atoms with E-state index in [1.54, 1.807) is 12.4 Å². The van der Waals surface area contributed by atoms with Gasteiger partial charge in [0.2, 0.25) is 0 Å². The van der Waals surface area contributed by atoms with Crippen molar-refractivity contribution in [3.63, 3.8) is 0 Å². The van der Waals surface area contributed by atoms with Gasteiger partial charge in [0.05, 0.1) is 11.2 Å². The van der Waals surface area contributed by atoms with Crippen LogP contribution in [-0.2, 0) is 6.61 Å². The van der Waals surface area contributed by atoms with Crippen LogP contribution in [0.1, 0.15) is 5.69 Å². The molecule has 0 saturated carbocycles. The van der Waals surface area contributed by atoms with E-state index in [1.165, 1.54) is 0 Å². The number of para-hydroxylation sites is 1. The molecule has 0 radical (unpaired) electrons. The van der Waals surface area contributed by atoms with Gasteiger partial charge >= 0.3 is 0 Å². The Balaban J connectivity index is 1.28. The van der Waals surface area contributed by atoms with Crippen LogP contribution in [0.15, 0.2) is 95.8 Å². The molecule has 5 nitrogen and oxygen atoms in total. The number of benzene rings is 2. The molecule has 0 N–H and O–H groups in total. The zero-order chi connectivity index (χ0) is 19.5. The first-order valence-corrected chi connectivity index (χ1v) is 9.30. The van der Waals surface area contributed by atoms with Crippen LogP contribution in [0.5, 0.6) is 5.75 Å². The summed E-state index contributed by atoms with van der Waals surface area (Å²) in [7, 11) is 0. The molecule has 5 aromatic rings. The van der Waals surface area contributed by atoms with E-state index < -0.39 is 0 Å². The van der Waals surface area contributed by atoms with Crippen molar-refractivity contribution < 1.29 is 9.26 Å². The van der Waals surface area contributed by atoms with Crippen LogP contribution >= 0.6 is 0 Å². The van der Waals surface area contributed by atoms with Gasteiger partial charge in [-0.15, -0.1) is 0 Å². The zero-order valence-electron chi connectivity index (χ0n) is 15.5. The van der Waals surface area contributed by atoms with E-state index in [4.69, 9.17) is 9.26 Å². The third-order valence-electron chi connectivity index (χ3n) is 4.67. The molecular weight excluding hydrogens is 362 g/mol. The Bertz CT molecular complexity index is 1250. The van der Waals surface area contributed by atoms with Gasteiger partial charge in [-0.3, -0.25) is 4.98 Å². The molecule has 0 amide bonds. The minimum atomic E-state index is 0.415. The minimum absolute atomic E-state index is 0.415. The minimum Gasteiger partial charge on any atom is -0.487 e. The smallest absolute Gasteiger partial charge is 0.167 e. The lowest BCUT2D eigenvalue weighted by molar-refractivity contribution is 0.302. The number of aromatic nitrogens is 3. The summed E-state index contributed by atoms with van der Waals surface area (Å²) in [4.78, 5) is 8.66. The van der Waals surface area contributed by atoms with Crippen molar-refractivity contribution >= 4 is 10.9 Å². The van der Waals surface area contributed by atoms with Crippen molar-refractivity contribution in [3.05, 3.63) is 97.0 Å². The largest absolute Gasteiger partial charge is 0.487 e. The highest BCUT2D eigenvalue weighted by Crippen LogP contribution is 2.27. The second-order valence-electron chi connectivity index (χ2n) is 6.62. The molecule has 0 fully saturated rings. The van der Waals surface area contributed by atoms with Crippen LogP contribution in [0.4, 0.5) is 0 Å². The highest BCUT2D eigenvalue weighted by atomic mass is 16.5. The Labute approximate surface area is 167 Å². The van der Waals surface area contributed by atoms with Gasteiger partial charge in [-0.25, -0.2) is 4.98 Å². The molecule has 3 heterocycles. The number of hydrogen-bond acceptors (Lipinski definition) is 5. The molecule has 29 heavy (non-hydrogen) atoms. The van der Waals surface area contributed by atoms with E-state index in [2.05, 4.69) is 27.3 Å². The molecule has 0 saturated heterocycles. The normalized spacial score (nSPS) is 10.9. The third-order valence-corrected chi connectivity index (χ3v) is 4.67. The van der Waals surface area contributed by atoms with Crippen LogP contribution in [0.3, 0.4) is 0 Å². The Morgan fingerprint density at radius 2 is 1.62 bits per heavy atom. The van der Waals surface area contributed by atoms with Crippen molar-refractivity contribution in [3.8, 4) is 28.3 Å². The molecule has 0 aliphatic carbocycles. The number of ether oxygens (including phenoxy) is 1. The van der Waals surface area contributed by atoms with Crippen LogP contribution in [-0.4, -0.2) is 15.1 Å². The summed E-state index contributed by atoms with van der Waals surface area (Å²) in [5.41, 5.74) is 4.56. The first kappa shape index (κ1) is 17.1. The quantitative estimate of drug-likeness (QED) is 0.402. The van der Waals surface area contributed by atoms with Crippen molar-refractivity contribution in [1.82, 2.24) is 15.1 Å². The molecule has 2 aromatic carbocycles. The summed E-state index contributed by atoms with van der Waals surface area (Å²) in [6.45, 7) is 0.415. The van der Waals surface area contributed by atoms with E-state index in [9.17, 15) is 0 Å². The average molecular weight is 379 g/mol. The Morgan fingerprint density at radius 3 is 2.48 bits per heavy atom. The summed E-state index contributed by atoms with van der Waals surface area (Å²) in [5.74, 6) is 1.48. The maximum absolute atomic E-state index is 5.89. The van der Waals surface area contributed by atoms with Gasteiger partial charge < -0.3 is 9.26 Å². The van der Waals surface area contributed by atoms with Crippen molar-refractivity contribution in [2.24, 2.45) is 0 Å². The fourth-order valence-electron chi connectivity index (χ4n) is 3.13. The lowest BCUT2D eigenvalue weighted by atomic mass is 10.1. The van der Waals surface area contributed by atoms with Gasteiger partial charge in [-0.1, -0.05) is 29.4 Å². The SMILES string of the molecule is c1ccc2nc(COc3ccc(-c4cc(-c5ccncc5)no4)cc3)ccc2c1. The Morgan fingerprint density at radius 1 is 0.793 bits per heavy atom. The summed E-state index contributed by atoms with van der Waals surface area (Å²) in [6.07, 6.45) is 3.47. The zero-order valence-corrected chi connectivity index (χ0v) is 15.5. The molecule has 0 aliphatic heterocycles. The van der Waals surface area contributed by atoms with Crippen LogP contribution in [0.2, 0.25) is 0 Å². The van der Waals surface area contributed by atoms with E-state index in [0.717, 1.165) is 39.2 Å². The van der Waals surface area contributed by atoms with Crippen molar-refractivity contribution in [2.75, 3.05) is 0 Å². The van der Waals surface area contributed by atoms with Crippen LogP contribution < -0.4 is 4.74 Å². The lowest BCUT2D eigenvalue weighted by Crippen LogP contribution is -1.98. The van der Waals surface area contributed by atoms with Gasteiger partial charge in [0, 0.05) is 35.0 Å². The molecule has 0 bridgehead atoms. The summed E-state index contributed by atoms with van der Waals surface area (Å²) < 4.78 is 11.4. The second-order valence-corrected chi connectivity index (χ2v) is 6.62. The Kier molecular flexibility index (Phi) is 4.47. The van der Waals surface area contributed by atoms with Gasteiger partial charge in [-0.05, 0) is 48.5 Å². The van der Waals surface area contributed by atoms with Crippen molar-refractivity contribution in [2.45, 2.75) is 6.61 Å². The van der Waals surface area contributed by atoms with Crippen LogP contribution in [0, 0.1) is 0 Å². The molecule has 0 unspecified atom stereocenters. The first-order valence-electron chi connectivity index (χ1n) is 9.30. The number of pyridine rings is 2. The average Bonchev–Trinajstić information content (AvgIpc) is 3.29. The van der Waals surface area contributed by atoms with E-state index in [0.29, 0.717) is 12.4 Å². The van der Waals surface area contributed by atoms with Gasteiger partial charge in [0.25, 0.3) is 0 Å². The van der Waals surface area contributed by atoms with Crippen LogP contribution in [0.25, 0.3) is 33.5 Å². The van der Waals surface area contributed by atoms with E-state index in [1.807, 2.05) is 66.7 Å². The molecule has 5 heteroatoms. The highest BCUT2D eigenvalue weighted by Gasteiger charge is 2.09.